The van der Waals surface area contributed by atoms with Crippen molar-refractivity contribution in [2.75, 3.05) is 13.1 Å². The first kappa shape index (κ1) is 15.2. The lowest BCUT2D eigenvalue weighted by atomic mass is 10.2. The molecular weight excluding hydrogens is 288 g/mol. The Kier molecular flexibility index (Phi) is 4.86. The first-order chi connectivity index (χ1) is 10.6. The zero-order valence-corrected chi connectivity index (χ0v) is 11.6. The Labute approximate surface area is 126 Å². The highest BCUT2D eigenvalue weighted by molar-refractivity contribution is 5.94. The monoisotopic (exact) mass is 302 g/mol. The van der Waals surface area contributed by atoms with E-state index in [2.05, 4.69) is 10.6 Å². The van der Waals surface area contributed by atoms with E-state index in [1.54, 1.807) is 0 Å². The fourth-order valence-corrected chi connectivity index (χ4v) is 1.68. The summed E-state index contributed by atoms with van der Waals surface area (Å²) in [6.45, 7) is 0.483. The molecule has 0 radical (unpaired) electrons. The molecule has 0 spiro atoms. The molecule has 2 heterocycles. The Morgan fingerprint density at radius 2 is 1.09 bits per heavy atom. The number of hydrogen-bond acceptors (Lipinski definition) is 4. The van der Waals surface area contributed by atoms with Gasteiger partial charge in [-0.1, -0.05) is 0 Å². The summed E-state index contributed by atoms with van der Waals surface area (Å²) in [5.41, 5.74) is 0.725. The van der Waals surface area contributed by atoms with Crippen LogP contribution < -0.4 is 20.1 Å². The van der Waals surface area contributed by atoms with Gasteiger partial charge in [-0.3, -0.25) is 9.59 Å². The van der Waals surface area contributed by atoms with Crippen LogP contribution in [0.15, 0.2) is 49.1 Å². The van der Waals surface area contributed by atoms with Crippen LogP contribution in [0.4, 0.5) is 0 Å². The standard InChI is InChI=1S/C14H14N4O4/c19-13(11-1-7-17(21)8-2-11)15-5-6-16-14(20)12-3-9-18(22)10-4-12/h1-4,7-10H,5-6H2,(H,15,19)(H,16,20). The zero-order chi connectivity index (χ0) is 15.9. The average molecular weight is 302 g/mol. The van der Waals surface area contributed by atoms with Crippen LogP contribution in [0.5, 0.6) is 0 Å². The van der Waals surface area contributed by atoms with Crippen molar-refractivity contribution in [3.8, 4) is 0 Å². The van der Waals surface area contributed by atoms with Crippen LogP contribution in [0, 0.1) is 10.4 Å². The predicted octanol–water partition coefficient (Wildman–Crippen LogP) is -0.887. The largest absolute Gasteiger partial charge is 0.619 e. The van der Waals surface area contributed by atoms with Crippen molar-refractivity contribution in [1.82, 2.24) is 10.6 Å². The molecule has 0 aliphatic heterocycles. The van der Waals surface area contributed by atoms with E-state index < -0.39 is 0 Å². The van der Waals surface area contributed by atoms with Gasteiger partial charge in [0.25, 0.3) is 11.8 Å². The fraction of sp³-hybridized carbons (Fsp3) is 0.143. The number of hydrogen-bond donors (Lipinski definition) is 2. The Morgan fingerprint density at radius 1 is 0.773 bits per heavy atom. The summed E-state index contributed by atoms with van der Waals surface area (Å²) in [7, 11) is 0. The number of pyridine rings is 2. The van der Waals surface area contributed by atoms with Crippen LogP contribution in [-0.4, -0.2) is 24.9 Å². The van der Waals surface area contributed by atoms with Crippen molar-refractivity contribution in [2.24, 2.45) is 0 Å². The Bertz CT molecular complexity index is 596. The molecule has 0 atom stereocenters. The van der Waals surface area contributed by atoms with Gasteiger partial charge in [-0.15, -0.1) is 0 Å². The summed E-state index contributed by atoms with van der Waals surface area (Å²) in [6.07, 6.45) is 4.92. The number of nitrogens with one attached hydrogen (secondary N) is 2. The van der Waals surface area contributed by atoms with E-state index >= 15 is 0 Å². The number of nitrogens with zero attached hydrogens (tertiary/aromatic N) is 2. The van der Waals surface area contributed by atoms with E-state index in [0.717, 1.165) is 0 Å². The molecule has 8 heteroatoms. The molecule has 0 saturated heterocycles. The highest BCUT2D eigenvalue weighted by atomic mass is 16.5. The molecule has 0 fully saturated rings. The minimum Gasteiger partial charge on any atom is -0.619 e. The summed E-state index contributed by atoms with van der Waals surface area (Å²) in [4.78, 5) is 23.5. The first-order valence-corrected chi connectivity index (χ1v) is 6.50. The molecule has 0 aliphatic carbocycles. The van der Waals surface area contributed by atoms with Gasteiger partial charge in [0.15, 0.2) is 24.8 Å². The highest BCUT2D eigenvalue weighted by Crippen LogP contribution is 1.95. The number of carbonyl (C=O) groups excluding carboxylic acids is 2. The Hall–Kier alpha value is -3.16. The maximum Gasteiger partial charge on any atom is 0.251 e. The fourth-order valence-electron chi connectivity index (χ4n) is 1.68. The van der Waals surface area contributed by atoms with Crippen LogP contribution >= 0.6 is 0 Å². The summed E-state index contributed by atoms with van der Waals surface area (Å²) in [5.74, 6) is -0.663. The van der Waals surface area contributed by atoms with Crippen LogP contribution in [0.25, 0.3) is 0 Å². The molecule has 0 bridgehead atoms. The van der Waals surface area contributed by atoms with Crippen molar-refractivity contribution < 1.29 is 19.0 Å². The smallest absolute Gasteiger partial charge is 0.251 e. The zero-order valence-electron chi connectivity index (χ0n) is 11.6. The molecule has 2 amide bonds. The summed E-state index contributed by atoms with van der Waals surface area (Å²) < 4.78 is 1.17. The molecule has 114 valence electrons. The molecule has 2 aromatic rings. The lowest BCUT2D eigenvalue weighted by Gasteiger charge is -2.07. The van der Waals surface area contributed by atoms with Gasteiger partial charge >= 0.3 is 0 Å². The normalized spacial score (nSPS) is 10.0. The average Bonchev–Trinajstić information content (AvgIpc) is 2.52. The van der Waals surface area contributed by atoms with Crippen LogP contribution in [0.3, 0.4) is 0 Å². The van der Waals surface area contributed by atoms with Gasteiger partial charge in [0.1, 0.15) is 0 Å². The third-order valence-electron chi connectivity index (χ3n) is 2.82. The number of aromatic nitrogens is 2. The summed E-state index contributed by atoms with van der Waals surface area (Å²) >= 11 is 0. The SMILES string of the molecule is O=C(NCCNC(=O)c1cc[n+]([O-])cc1)c1cc[n+]([O-])cc1. The molecular formula is C14H14N4O4. The quantitative estimate of drug-likeness (QED) is 0.424. The van der Waals surface area contributed by atoms with Crippen molar-refractivity contribution in [1.29, 1.82) is 0 Å². The molecule has 2 N–H and O–H groups in total. The number of rotatable bonds is 5. The van der Waals surface area contributed by atoms with Gasteiger partial charge in [0.2, 0.25) is 0 Å². The molecule has 0 aliphatic rings. The van der Waals surface area contributed by atoms with Crippen molar-refractivity contribution >= 4 is 11.8 Å². The number of carbonyl (C=O) groups is 2. The van der Waals surface area contributed by atoms with E-state index in [0.29, 0.717) is 20.6 Å². The third-order valence-corrected chi connectivity index (χ3v) is 2.82. The van der Waals surface area contributed by atoms with Crippen molar-refractivity contribution in [2.45, 2.75) is 0 Å². The molecule has 22 heavy (non-hydrogen) atoms. The molecule has 0 aromatic carbocycles. The molecule has 2 aromatic heterocycles. The Balaban J connectivity index is 1.74. The van der Waals surface area contributed by atoms with E-state index in [-0.39, 0.29) is 24.9 Å². The predicted molar refractivity (Wildman–Crippen MR) is 75.5 cm³/mol. The highest BCUT2D eigenvalue weighted by Gasteiger charge is 2.08. The molecule has 2 rings (SSSR count). The molecule has 0 saturated carbocycles. The van der Waals surface area contributed by atoms with E-state index in [9.17, 15) is 20.0 Å². The van der Waals surface area contributed by atoms with Crippen molar-refractivity contribution in [3.05, 3.63) is 70.6 Å². The van der Waals surface area contributed by atoms with Gasteiger partial charge in [0.05, 0.1) is 11.1 Å². The molecule has 0 unspecified atom stereocenters. The summed E-state index contributed by atoms with van der Waals surface area (Å²) in [5, 5.41) is 26.9. The van der Waals surface area contributed by atoms with E-state index in [4.69, 9.17) is 0 Å². The second-order valence-corrected chi connectivity index (χ2v) is 4.41. The van der Waals surface area contributed by atoms with Gasteiger partial charge < -0.3 is 21.0 Å². The summed E-state index contributed by atoms with van der Waals surface area (Å²) in [6, 6.07) is 5.62. The van der Waals surface area contributed by atoms with Gasteiger partial charge in [-0.2, -0.15) is 9.46 Å². The minimum absolute atomic E-state index is 0.241. The van der Waals surface area contributed by atoms with Gasteiger partial charge in [0, 0.05) is 37.4 Å². The van der Waals surface area contributed by atoms with Crippen LogP contribution in [0.2, 0.25) is 0 Å². The second-order valence-electron chi connectivity index (χ2n) is 4.41. The molecule has 8 nitrogen and oxygen atoms in total. The van der Waals surface area contributed by atoms with Gasteiger partial charge in [-0.25, -0.2) is 0 Å². The van der Waals surface area contributed by atoms with E-state index in [1.807, 2.05) is 0 Å². The topological polar surface area (TPSA) is 112 Å². The first-order valence-electron chi connectivity index (χ1n) is 6.50. The maximum atomic E-state index is 11.7. The third kappa shape index (κ3) is 4.17. The lowest BCUT2D eigenvalue weighted by Crippen LogP contribution is -2.35. The van der Waals surface area contributed by atoms with Gasteiger partial charge in [-0.05, 0) is 0 Å². The lowest BCUT2D eigenvalue weighted by molar-refractivity contribution is -0.605. The second kappa shape index (κ2) is 7.02. The van der Waals surface area contributed by atoms with Crippen LogP contribution in [-0.2, 0) is 0 Å². The Morgan fingerprint density at radius 3 is 1.41 bits per heavy atom. The number of amides is 2. The van der Waals surface area contributed by atoms with Crippen LogP contribution in [0.1, 0.15) is 20.7 Å². The minimum atomic E-state index is -0.332. The van der Waals surface area contributed by atoms with E-state index in [1.165, 1.54) is 49.1 Å². The van der Waals surface area contributed by atoms with Crippen molar-refractivity contribution in [3.63, 3.8) is 0 Å². The maximum absolute atomic E-state index is 11.7.